The van der Waals surface area contributed by atoms with Crippen LogP contribution in [0.15, 0.2) is 58.3 Å². The molecular formula is C20H15FN2O2S. The molecule has 0 fully saturated rings. The minimum absolute atomic E-state index is 0.0132. The quantitative estimate of drug-likeness (QED) is 0.745. The zero-order chi connectivity index (χ0) is 18.3. The number of hydrogen-bond acceptors (Lipinski definition) is 4. The molecule has 1 aliphatic rings. The van der Waals surface area contributed by atoms with Crippen molar-refractivity contribution in [2.24, 2.45) is 4.99 Å². The summed E-state index contributed by atoms with van der Waals surface area (Å²) in [6.07, 6.45) is 1.77. The fraction of sp³-hybridized carbons (Fsp3) is 0.100. The Morgan fingerprint density at radius 3 is 2.73 bits per heavy atom. The number of benzene rings is 2. The standard InChI is InChI=1S/C20H15FN2O2S/c1-12-15(14-7-3-5-9-17(14)22-12)10-18-19(24)23(20(25)26-18)11-13-6-2-4-8-16(13)21/h2-10,24H,11H2,1H3. The van der Waals surface area contributed by atoms with Gasteiger partial charge in [0.25, 0.3) is 0 Å². The first kappa shape index (κ1) is 16.5. The van der Waals surface area contributed by atoms with Gasteiger partial charge in [0.1, 0.15) is 5.82 Å². The maximum absolute atomic E-state index is 13.9. The zero-order valence-corrected chi connectivity index (χ0v) is 14.8. The second-order valence-electron chi connectivity index (χ2n) is 6.01. The van der Waals surface area contributed by atoms with Crippen LogP contribution in [-0.2, 0) is 6.54 Å². The maximum atomic E-state index is 13.9. The highest BCUT2D eigenvalue weighted by atomic mass is 32.1. The van der Waals surface area contributed by atoms with E-state index in [1.54, 1.807) is 24.3 Å². The molecule has 3 aromatic rings. The summed E-state index contributed by atoms with van der Waals surface area (Å²) < 4.78 is 15.1. The average Bonchev–Trinajstić information content (AvgIpc) is 3.08. The number of aromatic hydroxyl groups is 1. The second kappa shape index (κ2) is 6.38. The van der Waals surface area contributed by atoms with E-state index >= 15 is 0 Å². The molecule has 0 amide bonds. The van der Waals surface area contributed by atoms with Gasteiger partial charge in [-0.2, -0.15) is 0 Å². The van der Waals surface area contributed by atoms with Gasteiger partial charge in [-0.15, -0.1) is 0 Å². The number of aromatic nitrogens is 1. The summed E-state index contributed by atoms with van der Waals surface area (Å²) in [7, 11) is 0. The highest BCUT2D eigenvalue weighted by molar-refractivity contribution is 7.10. The first-order chi connectivity index (χ1) is 12.5. The van der Waals surface area contributed by atoms with Gasteiger partial charge in [0.15, 0.2) is 0 Å². The van der Waals surface area contributed by atoms with E-state index in [1.807, 2.05) is 31.2 Å². The number of halogens is 1. The number of fused-ring (bicyclic) bond motifs is 1. The summed E-state index contributed by atoms with van der Waals surface area (Å²) in [6.45, 7) is 1.88. The molecule has 1 N–H and O–H groups in total. The van der Waals surface area contributed by atoms with Crippen molar-refractivity contribution in [1.82, 2.24) is 4.57 Å². The molecule has 0 spiro atoms. The SMILES string of the molecule is CC1=Nc2ccccc2C1=Cc1sc(=O)n(Cc2ccccc2F)c1O. The topological polar surface area (TPSA) is 54.6 Å². The molecule has 6 heteroatoms. The molecule has 2 heterocycles. The van der Waals surface area contributed by atoms with Crippen molar-refractivity contribution in [3.05, 3.63) is 80.0 Å². The number of thiazole rings is 1. The largest absolute Gasteiger partial charge is 0.493 e. The van der Waals surface area contributed by atoms with Crippen molar-refractivity contribution >= 4 is 34.4 Å². The highest BCUT2D eigenvalue weighted by Crippen LogP contribution is 2.37. The number of hydrogen-bond donors (Lipinski definition) is 1. The summed E-state index contributed by atoms with van der Waals surface area (Å²) in [5, 5.41) is 10.5. The van der Waals surface area contributed by atoms with Crippen LogP contribution in [0.25, 0.3) is 11.6 Å². The molecule has 0 radical (unpaired) electrons. The predicted octanol–water partition coefficient (Wildman–Crippen LogP) is 4.45. The van der Waals surface area contributed by atoms with Gasteiger partial charge in [-0.25, -0.2) is 4.39 Å². The number of allylic oxidation sites excluding steroid dienone is 1. The molecule has 0 unspecified atom stereocenters. The fourth-order valence-electron chi connectivity index (χ4n) is 2.99. The van der Waals surface area contributed by atoms with E-state index in [0.29, 0.717) is 10.4 Å². The minimum atomic E-state index is -0.405. The van der Waals surface area contributed by atoms with E-state index in [0.717, 1.165) is 33.9 Å². The van der Waals surface area contributed by atoms with Crippen molar-refractivity contribution in [2.45, 2.75) is 13.5 Å². The molecule has 2 aromatic carbocycles. The van der Waals surface area contributed by atoms with Crippen molar-refractivity contribution in [1.29, 1.82) is 0 Å². The molecule has 0 bridgehead atoms. The summed E-state index contributed by atoms with van der Waals surface area (Å²) in [5.74, 6) is -0.564. The molecule has 26 heavy (non-hydrogen) atoms. The van der Waals surface area contributed by atoms with Crippen LogP contribution in [-0.4, -0.2) is 15.4 Å². The molecular weight excluding hydrogens is 351 g/mol. The Balaban J connectivity index is 1.75. The van der Waals surface area contributed by atoms with E-state index in [-0.39, 0.29) is 17.3 Å². The minimum Gasteiger partial charge on any atom is -0.493 e. The van der Waals surface area contributed by atoms with Gasteiger partial charge in [-0.1, -0.05) is 47.7 Å². The Morgan fingerprint density at radius 2 is 1.92 bits per heavy atom. The number of rotatable bonds is 3. The van der Waals surface area contributed by atoms with Crippen molar-refractivity contribution in [2.75, 3.05) is 0 Å². The molecule has 0 saturated carbocycles. The lowest BCUT2D eigenvalue weighted by molar-refractivity contribution is 0.418. The third-order valence-electron chi connectivity index (χ3n) is 4.33. The van der Waals surface area contributed by atoms with Gasteiger partial charge in [0.05, 0.1) is 17.1 Å². The van der Waals surface area contributed by atoms with Gasteiger partial charge < -0.3 is 5.11 Å². The van der Waals surface area contributed by atoms with Crippen molar-refractivity contribution in [3.8, 4) is 5.88 Å². The van der Waals surface area contributed by atoms with Gasteiger partial charge >= 0.3 is 4.87 Å². The van der Waals surface area contributed by atoms with Gasteiger partial charge in [0.2, 0.25) is 5.88 Å². The Labute approximate surface area is 153 Å². The third-order valence-corrected chi connectivity index (χ3v) is 5.24. The van der Waals surface area contributed by atoms with Crippen LogP contribution < -0.4 is 4.87 Å². The predicted molar refractivity (Wildman–Crippen MR) is 103 cm³/mol. The molecule has 0 saturated heterocycles. The van der Waals surface area contributed by atoms with Crippen LogP contribution in [0.4, 0.5) is 10.1 Å². The van der Waals surface area contributed by atoms with Crippen LogP contribution in [0.5, 0.6) is 5.88 Å². The van der Waals surface area contributed by atoms with Gasteiger partial charge in [-0.05, 0) is 25.1 Å². The average molecular weight is 366 g/mol. The Hall–Kier alpha value is -2.99. The normalized spacial score (nSPS) is 14.5. The Bertz CT molecular complexity index is 1120. The summed E-state index contributed by atoms with van der Waals surface area (Å²) in [5.41, 5.74) is 3.88. The Morgan fingerprint density at radius 1 is 1.19 bits per heavy atom. The van der Waals surface area contributed by atoms with E-state index in [1.165, 1.54) is 10.6 Å². The van der Waals surface area contributed by atoms with Gasteiger partial charge in [-0.3, -0.25) is 14.4 Å². The lowest BCUT2D eigenvalue weighted by atomic mass is 10.0. The number of para-hydroxylation sites is 1. The number of nitrogens with zero attached hydrogens (tertiary/aromatic N) is 2. The molecule has 0 aliphatic carbocycles. The summed E-state index contributed by atoms with van der Waals surface area (Å²) in [4.78, 5) is 16.9. The smallest absolute Gasteiger partial charge is 0.310 e. The summed E-state index contributed by atoms with van der Waals surface area (Å²) >= 11 is 0.933. The molecule has 130 valence electrons. The third kappa shape index (κ3) is 2.78. The van der Waals surface area contributed by atoms with Crippen LogP contribution in [0.3, 0.4) is 0 Å². The van der Waals surface area contributed by atoms with Gasteiger partial charge in [0, 0.05) is 22.4 Å². The van der Waals surface area contributed by atoms with Crippen LogP contribution >= 0.6 is 11.3 Å². The Kier molecular flexibility index (Phi) is 4.05. The highest BCUT2D eigenvalue weighted by Gasteiger charge is 2.20. The first-order valence-electron chi connectivity index (χ1n) is 8.07. The first-order valence-corrected chi connectivity index (χ1v) is 8.89. The van der Waals surface area contributed by atoms with Crippen molar-refractivity contribution < 1.29 is 9.50 Å². The van der Waals surface area contributed by atoms with E-state index in [4.69, 9.17) is 0 Å². The second-order valence-corrected chi connectivity index (χ2v) is 7.00. The molecule has 4 nitrogen and oxygen atoms in total. The zero-order valence-electron chi connectivity index (χ0n) is 13.9. The monoisotopic (exact) mass is 366 g/mol. The van der Waals surface area contributed by atoms with Crippen LogP contribution in [0, 0.1) is 5.82 Å². The van der Waals surface area contributed by atoms with E-state index in [9.17, 15) is 14.3 Å². The lowest BCUT2D eigenvalue weighted by Gasteiger charge is -2.05. The molecule has 1 aliphatic heterocycles. The van der Waals surface area contributed by atoms with Crippen LogP contribution in [0.1, 0.15) is 22.9 Å². The summed E-state index contributed by atoms with van der Waals surface area (Å²) in [6, 6.07) is 13.9. The van der Waals surface area contributed by atoms with Crippen LogP contribution in [0.2, 0.25) is 0 Å². The maximum Gasteiger partial charge on any atom is 0.310 e. The number of aliphatic imine (C=N–C) groups is 1. The fourth-order valence-corrected chi connectivity index (χ4v) is 3.82. The van der Waals surface area contributed by atoms with E-state index < -0.39 is 5.82 Å². The van der Waals surface area contributed by atoms with E-state index in [2.05, 4.69) is 4.99 Å². The molecule has 4 rings (SSSR count). The molecule has 0 atom stereocenters. The van der Waals surface area contributed by atoms with Crippen molar-refractivity contribution in [3.63, 3.8) is 0 Å². The molecule has 1 aromatic heterocycles. The lowest BCUT2D eigenvalue weighted by Crippen LogP contribution is -2.14.